The standard InChI is InChI=1S/C12H20O3/c1-4-6-8-10-14-15-12(13)11(3)9-7-5-2/h5,9H,2,4,6-8,10H2,1,3H3. The number of hydrogen-bond acceptors (Lipinski definition) is 3. The molecule has 0 aromatic heterocycles. The lowest BCUT2D eigenvalue weighted by atomic mass is 10.2. The van der Waals surface area contributed by atoms with Crippen molar-refractivity contribution in [1.29, 1.82) is 0 Å². The highest BCUT2D eigenvalue weighted by molar-refractivity contribution is 5.87. The fourth-order valence-corrected chi connectivity index (χ4v) is 0.915. The second-order valence-electron chi connectivity index (χ2n) is 3.31. The minimum absolute atomic E-state index is 0.423. The van der Waals surface area contributed by atoms with Crippen LogP contribution in [0.3, 0.4) is 0 Å². The van der Waals surface area contributed by atoms with Crippen molar-refractivity contribution < 1.29 is 14.6 Å². The molecule has 0 aromatic rings. The third-order valence-electron chi connectivity index (χ3n) is 1.88. The minimum Gasteiger partial charge on any atom is -0.293 e. The van der Waals surface area contributed by atoms with Gasteiger partial charge in [-0.3, -0.25) is 4.89 Å². The summed E-state index contributed by atoms with van der Waals surface area (Å²) in [6.45, 7) is 7.83. The highest BCUT2D eigenvalue weighted by Crippen LogP contribution is 2.01. The summed E-state index contributed by atoms with van der Waals surface area (Å²) < 4.78 is 0. The highest BCUT2D eigenvalue weighted by Gasteiger charge is 2.05. The van der Waals surface area contributed by atoms with Gasteiger partial charge in [-0.05, 0) is 19.8 Å². The van der Waals surface area contributed by atoms with Gasteiger partial charge in [-0.25, -0.2) is 4.79 Å². The van der Waals surface area contributed by atoms with Gasteiger partial charge in [-0.2, -0.15) is 4.89 Å². The topological polar surface area (TPSA) is 35.5 Å². The Bertz CT molecular complexity index is 219. The Morgan fingerprint density at radius 1 is 1.40 bits per heavy atom. The molecule has 0 N–H and O–H groups in total. The Kier molecular flexibility index (Phi) is 8.78. The molecule has 0 bridgehead atoms. The molecule has 0 rings (SSSR count). The van der Waals surface area contributed by atoms with Crippen molar-refractivity contribution in [3.63, 3.8) is 0 Å². The molecule has 0 aliphatic heterocycles. The van der Waals surface area contributed by atoms with Gasteiger partial charge in [0.1, 0.15) is 0 Å². The number of rotatable bonds is 8. The van der Waals surface area contributed by atoms with E-state index in [9.17, 15) is 4.79 Å². The van der Waals surface area contributed by atoms with Crippen molar-refractivity contribution >= 4 is 5.97 Å². The second kappa shape index (κ2) is 9.46. The van der Waals surface area contributed by atoms with Gasteiger partial charge in [-0.15, -0.1) is 6.58 Å². The molecule has 3 heteroatoms. The normalized spacial score (nSPS) is 11.2. The monoisotopic (exact) mass is 212 g/mol. The maximum atomic E-state index is 11.2. The van der Waals surface area contributed by atoms with Gasteiger partial charge in [0, 0.05) is 5.57 Å². The maximum Gasteiger partial charge on any atom is 0.368 e. The van der Waals surface area contributed by atoms with E-state index in [1.165, 1.54) is 0 Å². The van der Waals surface area contributed by atoms with Gasteiger partial charge in [0.2, 0.25) is 0 Å². The average Bonchev–Trinajstić information content (AvgIpc) is 2.25. The molecular formula is C12H20O3. The molecule has 15 heavy (non-hydrogen) atoms. The quantitative estimate of drug-likeness (QED) is 0.204. The molecule has 0 spiro atoms. The molecule has 0 aliphatic rings. The smallest absolute Gasteiger partial charge is 0.293 e. The first-order valence-corrected chi connectivity index (χ1v) is 5.33. The van der Waals surface area contributed by atoms with Crippen molar-refractivity contribution in [1.82, 2.24) is 0 Å². The average molecular weight is 212 g/mol. The van der Waals surface area contributed by atoms with Crippen LogP contribution in [0.5, 0.6) is 0 Å². The number of hydrogen-bond donors (Lipinski definition) is 0. The van der Waals surface area contributed by atoms with Crippen molar-refractivity contribution in [2.45, 2.75) is 39.5 Å². The molecule has 0 radical (unpaired) electrons. The summed E-state index contributed by atoms with van der Waals surface area (Å²) in [4.78, 5) is 20.6. The SMILES string of the molecule is C=CCC=C(C)C(=O)OOCCCCC. The van der Waals surface area contributed by atoms with E-state index in [1.54, 1.807) is 19.1 Å². The highest BCUT2D eigenvalue weighted by atomic mass is 17.2. The first-order chi connectivity index (χ1) is 7.22. The van der Waals surface area contributed by atoms with Crippen molar-refractivity contribution in [2.75, 3.05) is 6.61 Å². The van der Waals surface area contributed by atoms with Crippen molar-refractivity contribution in [3.05, 3.63) is 24.3 Å². The number of unbranched alkanes of at least 4 members (excludes halogenated alkanes) is 2. The van der Waals surface area contributed by atoms with Crippen LogP contribution in [-0.4, -0.2) is 12.6 Å². The van der Waals surface area contributed by atoms with E-state index in [-0.39, 0.29) is 0 Å². The molecule has 0 atom stereocenters. The van der Waals surface area contributed by atoms with Gasteiger partial charge in [0.25, 0.3) is 0 Å². The van der Waals surface area contributed by atoms with Gasteiger partial charge in [0.05, 0.1) is 6.61 Å². The summed E-state index contributed by atoms with van der Waals surface area (Å²) in [5.41, 5.74) is 0.547. The van der Waals surface area contributed by atoms with Crippen LogP contribution in [0, 0.1) is 0 Å². The second-order valence-corrected chi connectivity index (χ2v) is 3.31. The molecule has 0 unspecified atom stereocenters. The molecular weight excluding hydrogens is 192 g/mol. The lowest BCUT2D eigenvalue weighted by Crippen LogP contribution is -2.07. The molecule has 3 nitrogen and oxygen atoms in total. The van der Waals surface area contributed by atoms with Crippen LogP contribution in [0.25, 0.3) is 0 Å². The Hall–Kier alpha value is -1.09. The third kappa shape index (κ3) is 7.94. The number of allylic oxidation sites excluding steroid dienone is 2. The zero-order valence-corrected chi connectivity index (χ0v) is 9.62. The minimum atomic E-state index is -0.423. The third-order valence-corrected chi connectivity index (χ3v) is 1.88. The molecule has 0 fully saturated rings. The van der Waals surface area contributed by atoms with Gasteiger partial charge in [0.15, 0.2) is 0 Å². The predicted octanol–water partition coefficient (Wildman–Crippen LogP) is 3.17. The summed E-state index contributed by atoms with van der Waals surface area (Å²) in [6.07, 6.45) is 7.26. The molecule has 0 aromatic carbocycles. The largest absolute Gasteiger partial charge is 0.368 e. The van der Waals surface area contributed by atoms with Crippen LogP contribution in [0.2, 0.25) is 0 Å². The van der Waals surface area contributed by atoms with Crippen molar-refractivity contribution in [3.8, 4) is 0 Å². The summed E-state index contributed by atoms with van der Waals surface area (Å²) in [5.74, 6) is -0.423. The van der Waals surface area contributed by atoms with Crippen LogP contribution in [0.15, 0.2) is 24.3 Å². The molecule has 86 valence electrons. The first kappa shape index (κ1) is 13.9. The number of carbonyl (C=O) groups excluding carboxylic acids is 1. The molecule has 0 amide bonds. The van der Waals surface area contributed by atoms with Crippen molar-refractivity contribution in [2.24, 2.45) is 0 Å². The zero-order chi connectivity index (χ0) is 11.5. The Morgan fingerprint density at radius 3 is 2.73 bits per heavy atom. The number of carbonyl (C=O) groups is 1. The van der Waals surface area contributed by atoms with E-state index in [4.69, 9.17) is 4.89 Å². The molecule has 0 aliphatic carbocycles. The fourth-order valence-electron chi connectivity index (χ4n) is 0.915. The summed E-state index contributed by atoms with van der Waals surface area (Å²) >= 11 is 0. The van der Waals surface area contributed by atoms with E-state index >= 15 is 0 Å². The van der Waals surface area contributed by atoms with Crippen LogP contribution < -0.4 is 0 Å². The fraction of sp³-hybridized carbons (Fsp3) is 0.583. The Morgan fingerprint density at radius 2 is 2.13 bits per heavy atom. The first-order valence-electron chi connectivity index (χ1n) is 5.33. The van der Waals surface area contributed by atoms with E-state index in [0.717, 1.165) is 19.3 Å². The van der Waals surface area contributed by atoms with Crippen LogP contribution in [-0.2, 0) is 14.6 Å². The van der Waals surface area contributed by atoms with E-state index < -0.39 is 5.97 Å². The maximum absolute atomic E-state index is 11.2. The molecule has 0 heterocycles. The van der Waals surface area contributed by atoms with Gasteiger partial charge >= 0.3 is 5.97 Å². The summed E-state index contributed by atoms with van der Waals surface area (Å²) in [7, 11) is 0. The Balaban J connectivity index is 3.59. The lowest BCUT2D eigenvalue weighted by Gasteiger charge is -2.02. The van der Waals surface area contributed by atoms with E-state index in [2.05, 4.69) is 18.4 Å². The molecule has 0 saturated heterocycles. The zero-order valence-electron chi connectivity index (χ0n) is 9.62. The van der Waals surface area contributed by atoms with E-state index in [1.807, 2.05) is 0 Å². The van der Waals surface area contributed by atoms with E-state index in [0.29, 0.717) is 18.6 Å². The van der Waals surface area contributed by atoms with Crippen LogP contribution in [0.4, 0.5) is 0 Å². The molecule has 0 saturated carbocycles. The predicted molar refractivity (Wildman–Crippen MR) is 60.1 cm³/mol. The summed E-state index contributed by atoms with van der Waals surface area (Å²) in [5, 5.41) is 0. The van der Waals surface area contributed by atoms with Crippen LogP contribution in [0.1, 0.15) is 39.5 Å². The van der Waals surface area contributed by atoms with Gasteiger partial charge in [-0.1, -0.05) is 31.9 Å². The van der Waals surface area contributed by atoms with Crippen LogP contribution >= 0.6 is 0 Å². The van der Waals surface area contributed by atoms with Gasteiger partial charge < -0.3 is 0 Å². The summed E-state index contributed by atoms with van der Waals surface area (Å²) in [6, 6.07) is 0. The Labute approximate surface area is 91.7 Å². The lowest BCUT2D eigenvalue weighted by molar-refractivity contribution is -0.268.